The van der Waals surface area contributed by atoms with Crippen molar-refractivity contribution in [1.29, 1.82) is 0 Å². The topological polar surface area (TPSA) is 107 Å². The summed E-state index contributed by atoms with van der Waals surface area (Å²) in [4.78, 5) is 22.5. The van der Waals surface area contributed by atoms with Crippen LogP contribution in [0.1, 0.15) is 36.5 Å². The predicted molar refractivity (Wildman–Crippen MR) is 86.2 cm³/mol. The van der Waals surface area contributed by atoms with E-state index >= 15 is 0 Å². The van der Waals surface area contributed by atoms with Gasteiger partial charge in [0.25, 0.3) is 10.1 Å². The largest absolute Gasteiger partial charge is 0.462 e. The molecular formula is C16H20O7S. The third-order valence-electron chi connectivity index (χ3n) is 2.99. The molecule has 1 rings (SSSR count). The van der Waals surface area contributed by atoms with E-state index in [2.05, 4.69) is 6.58 Å². The van der Waals surface area contributed by atoms with Crippen molar-refractivity contribution in [2.75, 3.05) is 13.2 Å². The number of carbonyl (C=O) groups is 2. The second-order valence-corrected chi connectivity index (χ2v) is 6.47. The molecule has 0 spiro atoms. The molecule has 0 bridgehead atoms. The van der Waals surface area contributed by atoms with Crippen molar-refractivity contribution in [2.24, 2.45) is 0 Å². The summed E-state index contributed by atoms with van der Waals surface area (Å²) in [5.41, 5.74) is 0.122. The van der Waals surface area contributed by atoms with E-state index in [9.17, 15) is 18.0 Å². The van der Waals surface area contributed by atoms with Gasteiger partial charge in [0, 0.05) is 5.57 Å². The Balaban J connectivity index is 2.36. The molecule has 0 aromatic heterocycles. The number of rotatable bonds is 9. The highest BCUT2D eigenvalue weighted by Gasteiger charge is 2.20. The van der Waals surface area contributed by atoms with Crippen LogP contribution in [0.4, 0.5) is 0 Å². The van der Waals surface area contributed by atoms with E-state index in [1.165, 1.54) is 18.2 Å². The van der Waals surface area contributed by atoms with Gasteiger partial charge in [0.2, 0.25) is 0 Å². The summed E-state index contributed by atoms with van der Waals surface area (Å²) in [6.07, 6.45) is 1.80. The first-order valence-corrected chi connectivity index (χ1v) is 8.73. The van der Waals surface area contributed by atoms with Crippen LogP contribution in [0.25, 0.3) is 0 Å². The highest BCUT2D eigenvalue weighted by molar-refractivity contribution is 7.86. The fraction of sp³-hybridized carbons (Fsp3) is 0.375. The van der Waals surface area contributed by atoms with Crippen molar-refractivity contribution < 1.29 is 32.0 Å². The third kappa shape index (κ3) is 6.51. The quantitative estimate of drug-likeness (QED) is 0.313. The minimum atomic E-state index is -4.49. The second-order valence-electron chi connectivity index (χ2n) is 5.08. The molecule has 7 nitrogen and oxygen atoms in total. The molecule has 0 saturated carbocycles. The van der Waals surface area contributed by atoms with Gasteiger partial charge in [-0.1, -0.05) is 18.7 Å². The maximum Gasteiger partial charge on any atom is 0.339 e. The van der Waals surface area contributed by atoms with Crippen LogP contribution in [0, 0.1) is 0 Å². The first kappa shape index (κ1) is 19.9. The smallest absolute Gasteiger partial charge is 0.339 e. The molecule has 0 fully saturated rings. The molecule has 0 saturated heterocycles. The van der Waals surface area contributed by atoms with E-state index < -0.39 is 27.0 Å². The van der Waals surface area contributed by atoms with Gasteiger partial charge in [0.1, 0.15) is 4.90 Å². The Morgan fingerprint density at radius 2 is 1.67 bits per heavy atom. The van der Waals surface area contributed by atoms with Gasteiger partial charge >= 0.3 is 11.9 Å². The highest BCUT2D eigenvalue weighted by Crippen LogP contribution is 2.16. The summed E-state index contributed by atoms with van der Waals surface area (Å²) in [6.45, 7) is 5.37. The molecule has 132 valence electrons. The molecular weight excluding hydrogens is 336 g/mol. The lowest BCUT2D eigenvalue weighted by atomic mass is 10.2. The molecule has 24 heavy (non-hydrogen) atoms. The fourth-order valence-electron chi connectivity index (χ4n) is 1.77. The zero-order valence-corrected chi connectivity index (χ0v) is 14.2. The lowest BCUT2D eigenvalue weighted by Crippen LogP contribution is -2.12. The predicted octanol–water partition coefficient (Wildman–Crippen LogP) is 2.38. The Morgan fingerprint density at radius 1 is 1.08 bits per heavy atom. The summed E-state index contributed by atoms with van der Waals surface area (Å²) < 4.78 is 41.4. The normalized spacial score (nSPS) is 10.9. The lowest BCUT2D eigenvalue weighted by molar-refractivity contribution is -0.139. The van der Waals surface area contributed by atoms with Gasteiger partial charge in [-0.3, -0.25) is 4.55 Å². The second kappa shape index (κ2) is 9.19. The molecule has 0 unspecified atom stereocenters. The standard InChI is InChI=1S/C16H20O7S/c1-12(2)15(17)22-10-6-3-7-11-23-16(18)13-8-4-5-9-14(13)24(19,20)21/h4-5,8-9H,1,3,6-7,10-11H2,2H3,(H,19,20,21). The molecule has 0 heterocycles. The zero-order chi connectivity index (χ0) is 18.2. The van der Waals surface area contributed by atoms with Crippen molar-refractivity contribution in [3.63, 3.8) is 0 Å². The number of hydrogen-bond acceptors (Lipinski definition) is 6. The first-order chi connectivity index (χ1) is 11.2. The maximum absolute atomic E-state index is 11.9. The van der Waals surface area contributed by atoms with Crippen molar-refractivity contribution in [3.8, 4) is 0 Å². The van der Waals surface area contributed by atoms with Crippen LogP contribution in [-0.2, 0) is 24.4 Å². The lowest BCUT2D eigenvalue weighted by Gasteiger charge is -2.08. The molecule has 0 radical (unpaired) electrons. The zero-order valence-electron chi connectivity index (χ0n) is 13.4. The fourth-order valence-corrected chi connectivity index (χ4v) is 2.45. The van der Waals surface area contributed by atoms with Crippen LogP contribution in [0.2, 0.25) is 0 Å². The van der Waals surface area contributed by atoms with Crippen molar-refractivity contribution in [3.05, 3.63) is 42.0 Å². The van der Waals surface area contributed by atoms with Gasteiger partial charge in [-0.25, -0.2) is 9.59 Å². The molecule has 1 N–H and O–H groups in total. The van der Waals surface area contributed by atoms with Crippen molar-refractivity contribution in [1.82, 2.24) is 0 Å². The van der Waals surface area contributed by atoms with Crippen molar-refractivity contribution in [2.45, 2.75) is 31.1 Å². The molecule has 0 aliphatic heterocycles. The minimum absolute atomic E-state index is 0.0904. The maximum atomic E-state index is 11.9. The van der Waals surface area contributed by atoms with Crippen LogP contribution >= 0.6 is 0 Å². The van der Waals surface area contributed by atoms with Crippen LogP contribution in [0.3, 0.4) is 0 Å². The van der Waals surface area contributed by atoms with Crippen LogP contribution < -0.4 is 0 Å². The Kier molecular flexibility index (Phi) is 7.60. The monoisotopic (exact) mass is 356 g/mol. The van der Waals surface area contributed by atoms with Crippen LogP contribution in [0.15, 0.2) is 41.3 Å². The SMILES string of the molecule is C=C(C)C(=O)OCCCCCOC(=O)c1ccccc1S(=O)(=O)O. The van der Waals surface area contributed by atoms with E-state index in [4.69, 9.17) is 14.0 Å². The van der Waals surface area contributed by atoms with Crippen molar-refractivity contribution >= 4 is 22.1 Å². The molecule has 1 aromatic carbocycles. The number of unbranched alkanes of at least 4 members (excludes halogenated alkanes) is 2. The van der Waals surface area contributed by atoms with E-state index in [-0.39, 0.29) is 18.8 Å². The molecule has 0 amide bonds. The van der Waals surface area contributed by atoms with Gasteiger partial charge in [0.05, 0.1) is 18.8 Å². The average molecular weight is 356 g/mol. The summed E-state index contributed by atoms with van der Waals surface area (Å²) in [5, 5.41) is 0. The van der Waals surface area contributed by atoms with E-state index in [0.717, 1.165) is 6.07 Å². The number of esters is 2. The average Bonchev–Trinajstić information content (AvgIpc) is 2.52. The Bertz CT molecular complexity index is 707. The van der Waals surface area contributed by atoms with Crippen LogP contribution in [-0.4, -0.2) is 38.1 Å². The number of benzene rings is 1. The first-order valence-electron chi connectivity index (χ1n) is 7.29. The van der Waals surface area contributed by atoms with Gasteiger partial charge in [-0.15, -0.1) is 0 Å². The Labute approximate surface area is 141 Å². The van der Waals surface area contributed by atoms with Gasteiger partial charge in [-0.2, -0.15) is 8.42 Å². The summed E-state index contributed by atoms with van der Waals surface area (Å²) >= 11 is 0. The molecule has 8 heteroatoms. The minimum Gasteiger partial charge on any atom is -0.462 e. The third-order valence-corrected chi connectivity index (χ3v) is 3.90. The Hall–Kier alpha value is -2.19. The van der Waals surface area contributed by atoms with Crippen LogP contribution in [0.5, 0.6) is 0 Å². The van der Waals surface area contributed by atoms with E-state index in [1.807, 2.05) is 0 Å². The molecule has 0 aliphatic carbocycles. The van der Waals surface area contributed by atoms with Gasteiger partial charge in [-0.05, 0) is 38.3 Å². The summed E-state index contributed by atoms with van der Waals surface area (Å²) in [6, 6.07) is 5.26. The van der Waals surface area contributed by atoms with E-state index in [0.29, 0.717) is 24.8 Å². The Morgan fingerprint density at radius 3 is 2.25 bits per heavy atom. The van der Waals surface area contributed by atoms with Gasteiger partial charge < -0.3 is 9.47 Å². The van der Waals surface area contributed by atoms with Gasteiger partial charge in [0.15, 0.2) is 0 Å². The summed E-state index contributed by atoms with van der Waals surface area (Å²) in [5.74, 6) is -1.26. The summed E-state index contributed by atoms with van der Waals surface area (Å²) in [7, 11) is -4.49. The molecule has 1 aromatic rings. The highest BCUT2D eigenvalue weighted by atomic mass is 32.2. The molecule has 0 atom stereocenters. The number of ether oxygens (including phenoxy) is 2. The molecule has 0 aliphatic rings. The number of hydrogen-bond donors (Lipinski definition) is 1. The van der Waals surface area contributed by atoms with E-state index in [1.54, 1.807) is 6.92 Å². The number of carbonyl (C=O) groups excluding carboxylic acids is 2.